The molecule has 0 atom stereocenters. The van der Waals surface area contributed by atoms with Gasteiger partial charge in [0.25, 0.3) is 0 Å². The lowest BCUT2D eigenvalue weighted by atomic mass is 9.96. The lowest BCUT2D eigenvalue weighted by molar-refractivity contribution is -0.132. The Hall–Kier alpha value is -2.41. The van der Waals surface area contributed by atoms with Crippen molar-refractivity contribution >= 4 is 28.8 Å². The molecule has 3 rings (SSSR count). The fourth-order valence-corrected chi connectivity index (χ4v) is 3.85. The van der Waals surface area contributed by atoms with Crippen LogP contribution in [0, 0.1) is 5.92 Å². The van der Waals surface area contributed by atoms with E-state index in [0.717, 1.165) is 37.2 Å². The van der Waals surface area contributed by atoms with Gasteiger partial charge in [0.05, 0.1) is 11.0 Å². The molecule has 7 heteroatoms. The van der Waals surface area contributed by atoms with Gasteiger partial charge in [-0.05, 0) is 38.1 Å². The molecule has 2 amide bonds. The van der Waals surface area contributed by atoms with E-state index >= 15 is 0 Å². The molecule has 1 aliphatic rings. The lowest BCUT2D eigenvalue weighted by Crippen LogP contribution is -2.40. The average molecular weight is 386 g/mol. The summed E-state index contributed by atoms with van der Waals surface area (Å²) in [7, 11) is 0. The largest absolute Gasteiger partial charge is 0.343 e. The molecular weight excluding hydrogens is 354 g/mol. The molecule has 2 heterocycles. The van der Waals surface area contributed by atoms with Crippen molar-refractivity contribution in [1.29, 1.82) is 0 Å². The van der Waals surface area contributed by atoms with Gasteiger partial charge >= 0.3 is 0 Å². The fraction of sp³-hybridized carbons (Fsp3) is 0.571. The molecule has 0 aliphatic carbocycles. The zero-order valence-corrected chi connectivity index (χ0v) is 17.1. The van der Waals surface area contributed by atoms with Crippen LogP contribution in [0.25, 0.3) is 11.0 Å². The number of aromatic nitrogens is 2. The maximum absolute atomic E-state index is 12.8. The molecule has 28 heavy (non-hydrogen) atoms. The second kappa shape index (κ2) is 9.19. The first-order valence-electron chi connectivity index (χ1n) is 10.3. The Bertz CT molecular complexity index is 819. The number of rotatable bonds is 7. The third-order valence-corrected chi connectivity index (χ3v) is 5.73. The van der Waals surface area contributed by atoms with Crippen LogP contribution >= 0.6 is 0 Å². The van der Waals surface area contributed by atoms with E-state index in [1.165, 1.54) is 0 Å². The number of carbonyl (C=O) groups is 2. The van der Waals surface area contributed by atoms with E-state index in [0.29, 0.717) is 31.9 Å². The van der Waals surface area contributed by atoms with Gasteiger partial charge in [0, 0.05) is 39.0 Å². The average Bonchev–Trinajstić information content (AvgIpc) is 3.06. The molecule has 0 saturated carbocycles. The second-order valence-electron chi connectivity index (χ2n) is 7.37. The van der Waals surface area contributed by atoms with Crippen LogP contribution in [0.4, 0.5) is 5.95 Å². The first-order chi connectivity index (χ1) is 13.5. The molecule has 0 unspecified atom stereocenters. The molecule has 152 valence electrons. The van der Waals surface area contributed by atoms with Crippen molar-refractivity contribution in [2.24, 2.45) is 5.92 Å². The van der Waals surface area contributed by atoms with Crippen LogP contribution in [-0.4, -0.2) is 63.9 Å². The maximum atomic E-state index is 12.8. The molecule has 1 N–H and O–H groups in total. The van der Waals surface area contributed by atoms with Crippen molar-refractivity contribution in [3.05, 3.63) is 24.3 Å². The molecule has 7 nitrogen and oxygen atoms in total. The number of anilines is 1. The van der Waals surface area contributed by atoms with E-state index in [2.05, 4.69) is 33.6 Å². The van der Waals surface area contributed by atoms with Crippen LogP contribution in [0.15, 0.2) is 24.3 Å². The smallest absolute Gasteiger partial charge is 0.229 e. The van der Waals surface area contributed by atoms with Gasteiger partial charge in [-0.25, -0.2) is 4.98 Å². The number of imidazole rings is 1. The summed E-state index contributed by atoms with van der Waals surface area (Å²) in [6.45, 7) is 10.9. The molecule has 2 aromatic rings. The SMILES string of the molecule is CCN(CC)CCn1c(NC(=O)C2CCN(C(C)=O)CC2)nc2ccccc21. The van der Waals surface area contributed by atoms with E-state index < -0.39 is 0 Å². The van der Waals surface area contributed by atoms with Gasteiger partial charge in [-0.3, -0.25) is 14.9 Å². The highest BCUT2D eigenvalue weighted by atomic mass is 16.2. The number of amides is 2. The monoisotopic (exact) mass is 385 g/mol. The molecule has 0 radical (unpaired) electrons. The summed E-state index contributed by atoms with van der Waals surface area (Å²) in [5, 5.41) is 3.06. The summed E-state index contributed by atoms with van der Waals surface area (Å²) in [5.74, 6) is 0.624. The van der Waals surface area contributed by atoms with E-state index in [1.54, 1.807) is 6.92 Å². The molecule has 0 spiro atoms. The van der Waals surface area contributed by atoms with Crippen molar-refractivity contribution in [3.63, 3.8) is 0 Å². The van der Waals surface area contributed by atoms with Gasteiger partial charge < -0.3 is 14.4 Å². The Morgan fingerprint density at radius 2 is 1.86 bits per heavy atom. The number of hydrogen-bond donors (Lipinski definition) is 1. The van der Waals surface area contributed by atoms with Crippen molar-refractivity contribution in [2.45, 2.75) is 40.2 Å². The molecule has 0 bridgehead atoms. The van der Waals surface area contributed by atoms with Crippen molar-refractivity contribution in [3.8, 4) is 0 Å². The summed E-state index contributed by atoms with van der Waals surface area (Å²) in [4.78, 5) is 33.2. The topological polar surface area (TPSA) is 70.5 Å². The van der Waals surface area contributed by atoms with Gasteiger partial charge in [0.15, 0.2) is 0 Å². The van der Waals surface area contributed by atoms with Crippen molar-refractivity contribution < 1.29 is 9.59 Å². The summed E-state index contributed by atoms with van der Waals surface area (Å²) >= 11 is 0. The molecule has 1 aliphatic heterocycles. The van der Waals surface area contributed by atoms with Crippen LogP contribution in [0.2, 0.25) is 0 Å². The van der Waals surface area contributed by atoms with E-state index in [-0.39, 0.29) is 17.7 Å². The van der Waals surface area contributed by atoms with Crippen molar-refractivity contribution in [2.75, 3.05) is 38.0 Å². The Kier molecular flexibility index (Phi) is 6.67. The molecule has 1 saturated heterocycles. The number of hydrogen-bond acceptors (Lipinski definition) is 4. The Morgan fingerprint density at radius 3 is 2.50 bits per heavy atom. The van der Waals surface area contributed by atoms with Crippen LogP contribution in [-0.2, 0) is 16.1 Å². The number of likely N-dealkylation sites (N-methyl/N-ethyl adjacent to an activating group) is 1. The van der Waals surface area contributed by atoms with Crippen molar-refractivity contribution in [1.82, 2.24) is 19.4 Å². The van der Waals surface area contributed by atoms with Crippen LogP contribution in [0.3, 0.4) is 0 Å². The number of para-hydroxylation sites is 2. The second-order valence-corrected chi connectivity index (χ2v) is 7.37. The van der Waals surface area contributed by atoms with Gasteiger partial charge in [0.1, 0.15) is 0 Å². The molecule has 1 aromatic heterocycles. The number of nitrogens with one attached hydrogen (secondary N) is 1. The molecule has 1 aromatic carbocycles. The Balaban J connectivity index is 1.74. The standard InChI is InChI=1S/C21H31N5O2/c1-4-24(5-2)14-15-26-19-9-7-6-8-18(19)22-21(26)23-20(28)17-10-12-25(13-11-17)16(3)27/h6-9,17H,4-5,10-15H2,1-3H3,(H,22,23,28). The van der Waals surface area contributed by atoms with Gasteiger partial charge in [-0.1, -0.05) is 26.0 Å². The summed E-state index contributed by atoms with van der Waals surface area (Å²) in [6, 6.07) is 7.99. The van der Waals surface area contributed by atoms with Crippen LogP contribution in [0.1, 0.15) is 33.6 Å². The minimum Gasteiger partial charge on any atom is -0.343 e. The van der Waals surface area contributed by atoms with E-state index in [4.69, 9.17) is 0 Å². The zero-order valence-electron chi connectivity index (χ0n) is 17.1. The predicted octanol–water partition coefficient (Wildman–Crippen LogP) is 2.58. The Labute approximate surface area is 166 Å². The quantitative estimate of drug-likeness (QED) is 0.795. The normalized spacial score (nSPS) is 15.4. The summed E-state index contributed by atoms with van der Waals surface area (Å²) in [6.07, 6.45) is 1.40. The van der Waals surface area contributed by atoms with Crippen LogP contribution < -0.4 is 5.32 Å². The number of benzene rings is 1. The van der Waals surface area contributed by atoms with Gasteiger partial charge in [-0.2, -0.15) is 0 Å². The Morgan fingerprint density at radius 1 is 1.18 bits per heavy atom. The number of nitrogens with zero attached hydrogens (tertiary/aromatic N) is 4. The zero-order chi connectivity index (χ0) is 20.1. The maximum Gasteiger partial charge on any atom is 0.229 e. The summed E-state index contributed by atoms with van der Waals surface area (Å²) < 4.78 is 2.11. The first-order valence-corrected chi connectivity index (χ1v) is 10.3. The number of carbonyl (C=O) groups excluding carboxylic acids is 2. The third-order valence-electron chi connectivity index (χ3n) is 5.73. The van der Waals surface area contributed by atoms with E-state index in [1.807, 2.05) is 29.2 Å². The minimum absolute atomic E-state index is 0.00240. The fourth-order valence-electron chi connectivity index (χ4n) is 3.85. The van der Waals surface area contributed by atoms with Gasteiger partial charge in [0.2, 0.25) is 17.8 Å². The lowest BCUT2D eigenvalue weighted by Gasteiger charge is -2.30. The van der Waals surface area contributed by atoms with Gasteiger partial charge in [-0.15, -0.1) is 0 Å². The number of fused-ring (bicyclic) bond motifs is 1. The molecule has 1 fully saturated rings. The highest BCUT2D eigenvalue weighted by Gasteiger charge is 2.27. The molecular formula is C21H31N5O2. The number of piperidine rings is 1. The highest BCUT2D eigenvalue weighted by Crippen LogP contribution is 2.23. The van der Waals surface area contributed by atoms with E-state index in [9.17, 15) is 9.59 Å². The first kappa shape index (κ1) is 20.3. The number of likely N-dealkylation sites (tertiary alicyclic amines) is 1. The third kappa shape index (κ3) is 4.52. The van der Waals surface area contributed by atoms with Crippen LogP contribution in [0.5, 0.6) is 0 Å². The summed E-state index contributed by atoms with van der Waals surface area (Å²) in [5.41, 5.74) is 1.93. The minimum atomic E-state index is -0.0772. The highest BCUT2D eigenvalue weighted by molar-refractivity contribution is 5.93. The predicted molar refractivity (Wildman–Crippen MR) is 111 cm³/mol.